The van der Waals surface area contributed by atoms with Crippen molar-refractivity contribution in [1.82, 2.24) is 0 Å². The van der Waals surface area contributed by atoms with Crippen LogP contribution in [-0.4, -0.2) is 22.1 Å². The number of rotatable bonds is 4. The molecule has 0 aromatic heterocycles. The van der Waals surface area contributed by atoms with Crippen LogP contribution in [0.3, 0.4) is 0 Å². The highest BCUT2D eigenvalue weighted by Gasteiger charge is 2.61. The van der Waals surface area contributed by atoms with E-state index in [1.807, 2.05) is 11.8 Å². The third kappa shape index (κ3) is 2.19. The summed E-state index contributed by atoms with van der Waals surface area (Å²) in [4.78, 5) is 10.8. The highest BCUT2D eigenvalue weighted by molar-refractivity contribution is 7.99. The Balaban J connectivity index is 2.42. The maximum atomic E-state index is 10.8. The van der Waals surface area contributed by atoms with E-state index in [0.717, 1.165) is 5.75 Å². The van der Waals surface area contributed by atoms with Crippen LogP contribution in [0.2, 0.25) is 0 Å². The van der Waals surface area contributed by atoms with Gasteiger partial charge in [-0.15, -0.1) is 0 Å². The van der Waals surface area contributed by atoms with E-state index < -0.39 is 5.97 Å². The summed E-state index contributed by atoms with van der Waals surface area (Å²) in [5.74, 6) is 0.622. The molecule has 1 fully saturated rings. The Bertz CT molecular complexity index is 211. The van der Waals surface area contributed by atoms with Gasteiger partial charge in [-0.05, 0) is 22.3 Å². The van der Waals surface area contributed by atoms with Crippen molar-refractivity contribution < 1.29 is 9.90 Å². The first-order valence-corrected chi connectivity index (χ1v) is 5.76. The summed E-state index contributed by atoms with van der Waals surface area (Å²) in [5, 5.41) is 9.52. The lowest BCUT2D eigenvalue weighted by molar-refractivity contribution is -0.139. The summed E-state index contributed by atoms with van der Waals surface area (Å²) in [6.07, 6.45) is 0. The molecular weight excluding hydrogens is 184 g/mol. The van der Waals surface area contributed by atoms with E-state index in [-0.39, 0.29) is 11.3 Å². The highest BCUT2D eigenvalue weighted by Crippen LogP contribution is 2.59. The molecule has 13 heavy (non-hydrogen) atoms. The predicted molar refractivity (Wildman–Crippen MR) is 56.0 cm³/mol. The maximum absolute atomic E-state index is 10.8. The molecule has 0 radical (unpaired) electrons. The molecule has 0 spiro atoms. The third-order valence-corrected chi connectivity index (χ3v) is 4.14. The van der Waals surface area contributed by atoms with Gasteiger partial charge in [0.25, 0.3) is 0 Å². The van der Waals surface area contributed by atoms with E-state index in [1.54, 1.807) is 0 Å². The van der Waals surface area contributed by atoms with Crippen LogP contribution < -0.4 is 0 Å². The van der Waals surface area contributed by atoms with Crippen molar-refractivity contribution in [2.75, 3.05) is 5.75 Å². The zero-order valence-corrected chi connectivity index (χ0v) is 9.52. The number of carbonyl (C=O) groups is 1. The van der Waals surface area contributed by atoms with E-state index in [2.05, 4.69) is 27.7 Å². The van der Waals surface area contributed by atoms with Crippen molar-refractivity contribution in [2.24, 2.45) is 17.3 Å². The van der Waals surface area contributed by atoms with Crippen molar-refractivity contribution in [3.63, 3.8) is 0 Å². The molecule has 0 unspecified atom stereocenters. The SMILES string of the molecule is CC(C)SC[C@H]1[C@@H](C(=O)O)C1(C)C. The lowest BCUT2D eigenvalue weighted by Crippen LogP contribution is -2.03. The number of hydrogen-bond acceptors (Lipinski definition) is 2. The minimum absolute atomic E-state index is 0.0216. The number of thioether (sulfide) groups is 1. The Morgan fingerprint density at radius 2 is 2.08 bits per heavy atom. The van der Waals surface area contributed by atoms with E-state index in [0.29, 0.717) is 11.2 Å². The van der Waals surface area contributed by atoms with Crippen molar-refractivity contribution in [3.8, 4) is 0 Å². The van der Waals surface area contributed by atoms with Gasteiger partial charge in [-0.3, -0.25) is 4.79 Å². The first-order chi connectivity index (χ1) is 5.87. The quantitative estimate of drug-likeness (QED) is 0.761. The molecule has 2 nitrogen and oxygen atoms in total. The van der Waals surface area contributed by atoms with Gasteiger partial charge in [0.05, 0.1) is 5.92 Å². The summed E-state index contributed by atoms with van der Waals surface area (Å²) in [6.45, 7) is 8.40. The smallest absolute Gasteiger partial charge is 0.307 e. The molecule has 0 heterocycles. The van der Waals surface area contributed by atoms with Gasteiger partial charge < -0.3 is 5.11 Å². The molecule has 0 amide bonds. The van der Waals surface area contributed by atoms with Gasteiger partial charge in [0.1, 0.15) is 0 Å². The van der Waals surface area contributed by atoms with Gasteiger partial charge in [-0.2, -0.15) is 11.8 Å². The first kappa shape index (κ1) is 10.9. The van der Waals surface area contributed by atoms with Gasteiger partial charge in [-0.1, -0.05) is 27.7 Å². The van der Waals surface area contributed by atoms with Gasteiger partial charge in [-0.25, -0.2) is 0 Å². The Labute approximate surface area is 84.1 Å². The van der Waals surface area contributed by atoms with Gasteiger partial charge in [0.2, 0.25) is 0 Å². The minimum atomic E-state index is -0.626. The second-order valence-electron chi connectivity index (χ2n) is 4.63. The fourth-order valence-electron chi connectivity index (χ4n) is 1.84. The van der Waals surface area contributed by atoms with E-state index in [1.165, 1.54) is 0 Å². The summed E-state index contributed by atoms with van der Waals surface area (Å²) in [5.41, 5.74) is 0.0216. The van der Waals surface area contributed by atoms with E-state index in [9.17, 15) is 4.79 Å². The number of carboxylic acid groups (broad SMARTS) is 1. The van der Waals surface area contributed by atoms with Crippen molar-refractivity contribution in [1.29, 1.82) is 0 Å². The Morgan fingerprint density at radius 1 is 1.54 bits per heavy atom. The van der Waals surface area contributed by atoms with Crippen LogP contribution in [0, 0.1) is 17.3 Å². The normalized spacial score (nSPS) is 30.5. The van der Waals surface area contributed by atoms with Gasteiger partial charge in [0.15, 0.2) is 0 Å². The zero-order valence-electron chi connectivity index (χ0n) is 8.70. The minimum Gasteiger partial charge on any atom is -0.481 e. The molecule has 0 aliphatic heterocycles. The zero-order chi connectivity index (χ0) is 10.2. The molecule has 1 saturated carbocycles. The monoisotopic (exact) mass is 202 g/mol. The fourth-order valence-corrected chi connectivity index (χ4v) is 3.06. The molecule has 3 heteroatoms. The van der Waals surface area contributed by atoms with Crippen molar-refractivity contribution >= 4 is 17.7 Å². The molecule has 76 valence electrons. The molecule has 0 aromatic rings. The van der Waals surface area contributed by atoms with Crippen LogP contribution in [0.1, 0.15) is 27.7 Å². The van der Waals surface area contributed by atoms with Crippen molar-refractivity contribution in [3.05, 3.63) is 0 Å². The highest BCUT2D eigenvalue weighted by atomic mass is 32.2. The van der Waals surface area contributed by atoms with Crippen LogP contribution in [-0.2, 0) is 4.79 Å². The lowest BCUT2D eigenvalue weighted by atomic mass is 10.1. The van der Waals surface area contributed by atoms with Gasteiger partial charge in [0, 0.05) is 0 Å². The third-order valence-electron chi connectivity index (χ3n) is 2.93. The van der Waals surface area contributed by atoms with E-state index in [4.69, 9.17) is 5.11 Å². The molecule has 1 rings (SSSR count). The Morgan fingerprint density at radius 3 is 2.38 bits per heavy atom. The molecule has 2 atom stereocenters. The van der Waals surface area contributed by atoms with Crippen LogP contribution in [0.25, 0.3) is 0 Å². The topological polar surface area (TPSA) is 37.3 Å². The maximum Gasteiger partial charge on any atom is 0.307 e. The molecule has 1 aliphatic carbocycles. The molecule has 0 saturated heterocycles. The summed E-state index contributed by atoms with van der Waals surface area (Å²) in [6, 6.07) is 0. The molecule has 1 aliphatic rings. The average Bonchev–Trinajstić information content (AvgIpc) is 2.48. The second-order valence-corrected chi connectivity index (χ2v) is 6.24. The molecular formula is C10H18O2S. The first-order valence-electron chi connectivity index (χ1n) is 4.71. The number of hydrogen-bond donors (Lipinski definition) is 1. The fraction of sp³-hybridized carbons (Fsp3) is 0.900. The summed E-state index contributed by atoms with van der Waals surface area (Å²) in [7, 11) is 0. The lowest BCUT2D eigenvalue weighted by Gasteiger charge is -2.04. The van der Waals surface area contributed by atoms with Crippen LogP contribution in [0.15, 0.2) is 0 Å². The Kier molecular flexibility index (Phi) is 2.95. The standard InChI is InChI=1S/C10H18O2S/c1-6(2)13-5-7-8(9(11)12)10(7,3)4/h6-8H,5H2,1-4H3,(H,11,12)/t7-,8-/m0/s1. The molecule has 1 N–H and O–H groups in total. The Hall–Kier alpha value is -0.180. The second kappa shape index (κ2) is 3.52. The molecule has 0 bridgehead atoms. The van der Waals surface area contributed by atoms with E-state index >= 15 is 0 Å². The van der Waals surface area contributed by atoms with Crippen LogP contribution >= 0.6 is 11.8 Å². The average molecular weight is 202 g/mol. The summed E-state index contributed by atoms with van der Waals surface area (Å²) >= 11 is 1.86. The van der Waals surface area contributed by atoms with Crippen LogP contribution in [0.4, 0.5) is 0 Å². The van der Waals surface area contributed by atoms with Gasteiger partial charge >= 0.3 is 5.97 Å². The molecule has 0 aromatic carbocycles. The predicted octanol–water partition coefficient (Wildman–Crippen LogP) is 2.48. The summed E-state index contributed by atoms with van der Waals surface area (Å²) < 4.78 is 0. The number of carboxylic acids is 1. The van der Waals surface area contributed by atoms with Crippen LogP contribution in [0.5, 0.6) is 0 Å². The number of aliphatic carboxylic acids is 1. The van der Waals surface area contributed by atoms with Crippen molar-refractivity contribution in [2.45, 2.75) is 32.9 Å². The largest absolute Gasteiger partial charge is 0.481 e.